The Balaban J connectivity index is 0.00000280. The van der Waals surface area contributed by atoms with Gasteiger partial charge < -0.3 is 10.1 Å². The van der Waals surface area contributed by atoms with Crippen LogP contribution in [0.15, 0.2) is 66.7 Å². The highest BCUT2D eigenvalue weighted by Crippen LogP contribution is 2.21. The number of hydrogen-bond donors (Lipinski definition) is 1. The van der Waals surface area contributed by atoms with E-state index in [4.69, 9.17) is 27.9 Å². The molecular weight excluding hydrogens is 413 g/mol. The Kier molecular flexibility index (Phi) is 9.14. The van der Waals surface area contributed by atoms with Crippen LogP contribution in [0.5, 0.6) is 5.75 Å². The molecule has 0 bridgehead atoms. The zero-order chi connectivity index (χ0) is 19.1. The summed E-state index contributed by atoms with van der Waals surface area (Å²) in [5.41, 5.74) is 4.72. The fourth-order valence-electron chi connectivity index (χ4n) is 2.78. The maximum Gasteiger partial charge on any atom is 0.120 e. The maximum absolute atomic E-state index is 6.21. The van der Waals surface area contributed by atoms with Crippen molar-refractivity contribution < 1.29 is 4.74 Å². The van der Waals surface area contributed by atoms with Crippen molar-refractivity contribution in [2.24, 2.45) is 0 Å². The van der Waals surface area contributed by atoms with E-state index in [1.165, 1.54) is 16.7 Å². The van der Waals surface area contributed by atoms with Crippen LogP contribution in [0.1, 0.15) is 22.3 Å². The average molecular weight is 437 g/mol. The van der Waals surface area contributed by atoms with Crippen molar-refractivity contribution in [2.75, 3.05) is 6.54 Å². The molecule has 5 heteroatoms. The third-order valence-corrected chi connectivity index (χ3v) is 4.93. The van der Waals surface area contributed by atoms with Gasteiger partial charge in [0.15, 0.2) is 0 Å². The summed E-state index contributed by atoms with van der Waals surface area (Å²) in [7, 11) is 0. The van der Waals surface area contributed by atoms with E-state index < -0.39 is 0 Å². The smallest absolute Gasteiger partial charge is 0.120 e. The molecule has 3 aromatic rings. The van der Waals surface area contributed by atoms with Crippen molar-refractivity contribution in [3.8, 4) is 5.75 Å². The minimum Gasteiger partial charge on any atom is -0.489 e. The largest absolute Gasteiger partial charge is 0.489 e. The van der Waals surface area contributed by atoms with Crippen LogP contribution in [-0.4, -0.2) is 6.54 Å². The lowest BCUT2D eigenvalue weighted by atomic mass is 10.1. The summed E-state index contributed by atoms with van der Waals surface area (Å²) >= 11 is 12.1. The molecule has 0 saturated carbocycles. The Hall–Kier alpha value is -1.71. The van der Waals surface area contributed by atoms with Gasteiger partial charge in [-0.2, -0.15) is 0 Å². The van der Waals surface area contributed by atoms with Crippen LogP contribution in [0.4, 0.5) is 0 Å². The molecule has 1 N–H and O–H groups in total. The van der Waals surface area contributed by atoms with Gasteiger partial charge >= 0.3 is 0 Å². The van der Waals surface area contributed by atoms with Crippen LogP contribution in [0.3, 0.4) is 0 Å². The molecule has 28 heavy (non-hydrogen) atoms. The van der Waals surface area contributed by atoms with Crippen LogP contribution in [0.25, 0.3) is 0 Å². The van der Waals surface area contributed by atoms with E-state index in [0.717, 1.165) is 35.8 Å². The lowest BCUT2D eigenvalue weighted by Crippen LogP contribution is -2.16. The second kappa shape index (κ2) is 11.3. The minimum absolute atomic E-state index is 0. The lowest BCUT2D eigenvalue weighted by Gasteiger charge is -2.10. The number of hydrogen-bond acceptors (Lipinski definition) is 2. The average Bonchev–Trinajstić information content (AvgIpc) is 2.66. The predicted molar refractivity (Wildman–Crippen MR) is 121 cm³/mol. The molecule has 0 unspecified atom stereocenters. The first-order valence-corrected chi connectivity index (χ1v) is 9.78. The standard InChI is InChI=1S/C23H23Cl2NO.ClH/c1-17-5-7-18(8-6-17)16-27-22-4-2-3-19(13-22)15-26-12-11-20-9-10-21(24)14-23(20)25;/h2-10,13-14,26H,11-12,15-16H2,1H3;1H. The molecule has 0 aliphatic heterocycles. The number of benzene rings is 3. The van der Waals surface area contributed by atoms with Gasteiger partial charge in [-0.25, -0.2) is 0 Å². The second-order valence-electron chi connectivity index (χ2n) is 6.58. The first-order valence-electron chi connectivity index (χ1n) is 9.02. The van der Waals surface area contributed by atoms with E-state index >= 15 is 0 Å². The van der Waals surface area contributed by atoms with Crippen LogP contribution >= 0.6 is 35.6 Å². The van der Waals surface area contributed by atoms with Gasteiger partial charge in [-0.05, 0) is 60.8 Å². The summed E-state index contributed by atoms with van der Waals surface area (Å²) in [4.78, 5) is 0. The van der Waals surface area contributed by atoms with Gasteiger partial charge in [0.25, 0.3) is 0 Å². The Morgan fingerprint density at radius 2 is 1.68 bits per heavy atom. The monoisotopic (exact) mass is 435 g/mol. The highest BCUT2D eigenvalue weighted by Gasteiger charge is 2.02. The van der Waals surface area contributed by atoms with E-state index in [2.05, 4.69) is 48.6 Å². The fourth-order valence-corrected chi connectivity index (χ4v) is 3.28. The molecule has 0 spiro atoms. The molecule has 0 saturated heterocycles. The predicted octanol–water partition coefficient (Wildman–Crippen LogP) is 6.63. The van der Waals surface area contributed by atoms with E-state index in [9.17, 15) is 0 Å². The minimum atomic E-state index is 0. The van der Waals surface area contributed by atoms with Gasteiger partial charge in [0.05, 0.1) is 0 Å². The van der Waals surface area contributed by atoms with Crippen molar-refractivity contribution in [3.63, 3.8) is 0 Å². The van der Waals surface area contributed by atoms with E-state index in [1.54, 1.807) is 6.07 Å². The second-order valence-corrected chi connectivity index (χ2v) is 7.43. The lowest BCUT2D eigenvalue weighted by molar-refractivity contribution is 0.306. The van der Waals surface area contributed by atoms with Crippen LogP contribution in [-0.2, 0) is 19.6 Å². The summed E-state index contributed by atoms with van der Waals surface area (Å²) < 4.78 is 5.92. The normalized spacial score (nSPS) is 10.4. The SMILES string of the molecule is Cc1ccc(COc2cccc(CNCCc3ccc(Cl)cc3Cl)c2)cc1.Cl. The van der Waals surface area contributed by atoms with Gasteiger partial charge in [0, 0.05) is 16.6 Å². The molecule has 3 rings (SSSR count). The molecule has 148 valence electrons. The number of aryl methyl sites for hydroxylation is 1. The number of nitrogens with one attached hydrogen (secondary N) is 1. The molecule has 3 aromatic carbocycles. The summed E-state index contributed by atoms with van der Waals surface area (Å²) in [6, 6.07) is 22.2. The molecule has 0 aliphatic carbocycles. The van der Waals surface area contributed by atoms with E-state index in [0.29, 0.717) is 11.6 Å². The molecular formula is C23H24Cl3NO. The Labute approximate surface area is 183 Å². The molecule has 0 heterocycles. The van der Waals surface area contributed by atoms with Crippen LogP contribution < -0.4 is 10.1 Å². The van der Waals surface area contributed by atoms with Crippen molar-refractivity contribution in [1.82, 2.24) is 5.32 Å². The third-order valence-electron chi connectivity index (χ3n) is 4.34. The van der Waals surface area contributed by atoms with Crippen molar-refractivity contribution in [3.05, 3.63) is 99.0 Å². The number of rotatable bonds is 8. The van der Waals surface area contributed by atoms with E-state index in [1.807, 2.05) is 24.3 Å². The van der Waals surface area contributed by atoms with Gasteiger partial charge in [-0.1, -0.05) is 71.2 Å². The third kappa shape index (κ3) is 7.03. The zero-order valence-electron chi connectivity index (χ0n) is 15.8. The molecule has 0 fully saturated rings. The molecule has 0 aromatic heterocycles. The maximum atomic E-state index is 6.21. The quantitative estimate of drug-likeness (QED) is 0.400. The number of ether oxygens (including phenoxy) is 1. The summed E-state index contributed by atoms with van der Waals surface area (Å²) in [5.74, 6) is 0.885. The summed E-state index contributed by atoms with van der Waals surface area (Å²) in [6.07, 6.45) is 0.861. The topological polar surface area (TPSA) is 21.3 Å². The highest BCUT2D eigenvalue weighted by molar-refractivity contribution is 6.35. The van der Waals surface area contributed by atoms with Gasteiger partial charge in [-0.3, -0.25) is 0 Å². The van der Waals surface area contributed by atoms with Crippen molar-refractivity contribution >= 4 is 35.6 Å². The Morgan fingerprint density at radius 1 is 0.893 bits per heavy atom. The number of halogens is 3. The zero-order valence-corrected chi connectivity index (χ0v) is 18.1. The van der Waals surface area contributed by atoms with Gasteiger partial charge in [-0.15, -0.1) is 12.4 Å². The van der Waals surface area contributed by atoms with Crippen LogP contribution in [0, 0.1) is 6.92 Å². The van der Waals surface area contributed by atoms with Crippen molar-refractivity contribution in [2.45, 2.75) is 26.5 Å². The Bertz CT molecular complexity index is 881. The molecule has 0 amide bonds. The summed E-state index contributed by atoms with van der Waals surface area (Å²) in [6.45, 7) is 4.29. The molecule has 0 aliphatic rings. The molecule has 2 nitrogen and oxygen atoms in total. The first-order chi connectivity index (χ1) is 13.1. The first kappa shape index (κ1) is 22.6. The fraction of sp³-hybridized carbons (Fsp3) is 0.217. The van der Waals surface area contributed by atoms with Crippen LogP contribution in [0.2, 0.25) is 10.0 Å². The van der Waals surface area contributed by atoms with Gasteiger partial charge in [0.2, 0.25) is 0 Å². The Morgan fingerprint density at radius 3 is 2.43 bits per heavy atom. The molecule has 0 radical (unpaired) electrons. The summed E-state index contributed by atoms with van der Waals surface area (Å²) in [5, 5.41) is 4.84. The van der Waals surface area contributed by atoms with Gasteiger partial charge in [0.1, 0.15) is 12.4 Å². The molecule has 0 atom stereocenters. The van der Waals surface area contributed by atoms with E-state index in [-0.39, 0.29) is 12.4 Å². The van der Waals surface area contributed by atoms with Crippen molar-refractivity contribution in [1.29, 1.82) is 0 Å². The highest BCUT2D eigenvalue weighted by atomic mass is 35.5.